The number of ether oxygens (including phenoxy) is 1. The Hall–Kier alpha value is -2.04. The van der Waals surface area contributed by atoms with Crippen molar-refractivity contribution in [2.75, 3.05) is 32.8 Å². The molecule has 0 unspecified atom stereocenters. The van der Waals surface area contributed by atoms with E-state index < -0.39 is 0 Å². The van der Waals surface area contributed by atoms with Crippen molar-refractivity contribution in [3.63, 3.8) is 0 Å². The smallest absolute Gasteiger partial charge is 0.409 e. The van der Waals surface area contributed by atoms with Crippen molar-refractivity contribution in [3.8, 4) is 0 Å². The normalized spacial score (nSPS) is 14.9. The molecule has 0 atom stereocenters. The van der Waals surface area contributed by atoms with E-state index in [1.165, 1.54) is 0 Å². The summed E-state index contributed by atoms with van der Waals surface area (Å²) in [6.45, 7) is 4.70. The Bertz CT molecular complexity index is 468. The number of piperazine rings is 1. The number of hydrogen-bond donors (Lipinski definition) is 0. The van der Waals surface area contributed by atoms with E-state index in [0.717, 1.165) is 12.8 Å². The lowest BCUT2D eigenvalue weighted by atomic mass is 10.2. The highest BCUT2D eigenvalue weighted by molar-refractivity contribution is 5.94. The zero-order valence-electron chi connectivity index (χ0n) is 12.5. The van der Waals surface area contributed by atoms with Crippen LogP contribution in [0.4, 0.5) is 4.79 Å². The molecule has 1 aromatic carbocycles. The predicted octanol–water partition coefficient (Wildman–Crippen LogP) is 2.38. The highest BCUT2D eigenvalue weighted by atomic mass is 16.6. The Kier molecular flexibility index (Phi) is 5.60. The van der Waals surface area contributed by atoms with Crippen LogP contribution in [0.5, 0.6) is 0 Å². The van der Waals surface area contributed by atoms with Crippen LogP contribution in [0.2, 0.25) is 0 Å². The first-order valence-corrected chi connectivity index (χ1v) is 7.48. The van der Waals surface area contributed by atoms with Crippen LogP contribution in [0.1, 0.15) is 30.1 Å². The molecule has 1 aliphatic rings. The summed E-state index contributed by atoms with van der Waals surface area (Å²) in [5.41, 5.74) is 0.691. The second-order valence-electron chi connectivity index (χ2n) is 5.11. The molecule has 114 valence electrons. The van der Waals surface area contributed by atoms with E-state index in [9.17, 15) is 9.59 Å². The third-order valence-corrected chi connectivity index (χ3v) is 3.57. The van der Waals surface area contributed by atoms with Gasteiger partial charge in [-0.15, -0.1) is 0 Å². The molecule has 0 radical (unpaired) electrons. The zero-order valence-corrected chi connectivity index (χ0v) is 12.5. The average Bonchev–Trinajstić information content (AvgIpc) is 2.55. The molecule has 1 aromatic rings. The molecule has 0 bridgehead atoms. The van der Waals surface area contributed by atoms with Gasteiger partial charge in [-0.1, -0.05) is 31.5 Å². The van der Waals surface area contributed by atoms with Gasteiger partial charge in [-0.2, -0.15) is 0 Å². The van der Waals surface area contributed by atoms with Crippen LogP contribution < -0.4 is 0 Å². The standard InChI is InChI=1S/C16H22N2O3/c1-2-3-13-21-16(20)18-11-9-17(10-12-18)15(19)14-7-5-4-6-8-14/h4-8H,2-3,9-13H2,1H3. The lowest BCUT2D eigenvalue weighted by Crippen LogP contribution is -2.50. The van der Waals surface area contributed by atoms with Crippen LogP contribution in [-0.4, -0.2) is 54.6 Å². The van der Waals surface area contributed by atoms with Gasteiger partial charge < -0.3 is 14.5 Å². The SMILES string of the molecule is CCCCOC(=O)N1CCN(C(=O)c2ccccc2)CC1. The molecule has 2 amide bonds. The Labute approximate surface area is 125 Å². The highest BCUT2D eigenvalue weighted by Gasteiger charge is 2.25. The van der Waals surface area contributed by atoms with Crippen LogP contribution in [0.3, 0.4) is 0 Å². The minimum absolute atomic E-state index is 0.0228. The molecule has 0 N–H and O–H groups in total. The summed E-state index contributed by atoms with van der Waals surface area (Å²) in [6.07, 6.45) is 1.63. The van der Waals surface area contributed by atoms with Crippen molar-refractivity contribution in [2.45, 2.75) is 19.8 Å². The van der Waals surface area contributed by atoms with Crippen molar-refractivity contribution < 1.29 is 14.3 Å². The molecule has 1 saturated heterocycles. The molecule has 21 heavy (non-hydrogen) atoms. The lowest BCUT2D eigenvalue weighted by molar-refractivity contribution is 0.0557. The maximum Gasteiger partial charge on any atom is 0.409 e. The Balaban J connectivity index is 1.80. The van der Waals surface area contributed by atoms with E-state index in [1.54, 1.807) is 9.80 Å². The van der Waals surface area contributed by atoms with Gasteiger partial charge in [0.1, 0.15) is 0 Å². The highest BCUT2D eigenvalue weighted by Crippen LogP contribution is 2.09. The summed E-state index contributed by atoms with van der Waals surface area (Å²) in [7, 11) is 0. The van der Waals surface area contributed by atoms with Gasteiger partial charge in [0.15, 0.2) is 0 Å². The van der Waals surface area contributed by atoms with Crippen LogP contribution in [0.25, 0.3) is 0 Å². The third kappa shape index (κ3) is 4.21. The minimum Gasteiger partial charge on any atom is -0.449 e. The fourth-order valence-corrected chi connectivity index (χ4v) is 2.25. The van der Waals surface area contributed by atoms with Crippen molar-refractivity contribution >= 4 is 12.0 Å². The molecule has 0 spiro atoms. The van der Waals surface area contributed by atoms with Gasteiger partial charge >= 0.3 is 6.09 Å². The van der Waals surface area contributed by atoms with E-state index in [-0.39, 0.29) is 12.0 Å². The molecule has 5 nitrogen and oxygen atoms in total. The second kappa shape index (κ2) is 7.67. The Morgan fingerprint density at radius 3 is 2.29 bits per heavy atom. The van der Waals surface area contributed by atoms with E-state index in [1.807, 2.05) is 30.3 Å². The monoisotopic (exact) mass is 290 g/mol. The number of carbonyl (C=O) groups is 2. The number of rotatable bonds is 4. The number of unbranched alkanes of at least 4 members (excludes halogenated alkanes) is 1. The van der Waals surface area contributed by atoms with Gasteiger partial charge in [0.2, 0.25) is 0 Å². The largest absolute Gasteiger partial charge is 0.449 e. The number of benzene rings is 1. The molecule has 0 aromatic heterocycles. The van der Waals surface area contributed by atoms with Crippen molar-refractivity contribution in [1.29, 1.82) is 0 Å². The second-order valence-corrected chi connectivity index (χ2v) is 5.11. The van der Waals surface area contributed by atoms with Gasteiger partial charge in [-0.25, -0.2) is 4.79 Å². The molecular weight excluding hydrogens is 268 g/mol. The van der Waals surface area contributed by atoms with Crippen LogP contribution in [0, 0.1) is 0 Å². The molecule has 5 heteroatoms. The number of nitrogens with zero attached hydrogens (tertiary/aromatic N) is 2. The van der Waals surface area contributed by atoms with Gasteiger partial charge in [0.25, 0.3) is 5.91 Å². The summed E-state index contributed by atoms with van der Waals surface area (Å²) in [5.74, 6) is 0.0228. The minimum atomic E-state index is -0.268. The topological polar surface area (TPSA) is 49.9 Å². The Morgan fingerprint density at radius 2 is 1.67 bits per heavy atom. The molecule has 1 heterocycles. The summed E-state index contributed by atoms with van der Waals surface area (Å²) in [6, 6.07) is 9.23. The van der Waals surface area contributed by atoms with Gasteiger partial charge in [-0.05, 0) is 18.6 Å². The first-order valence-electron chi connectivity index (χ1n) is 7.48. The Morgan fingerprint density at radius 1 is 1.05 bits per heavy atom. The molecular formula is C16H22N2O3. The molecule has 2 rings (SSSR count). The van der Waals surface area contributed by atoms with Gasteiger partial charge in [-0.3, -0.25) is 4.79 Å². The molecule has 0 saturated carbocycles. The fraction of sp³-hybridized carbons (Fsp3) is 0.500. The summed E-state index contributed by atoms with van der Waals surface area (Å²) in [5, 5.41) is 0. The average molecular weight is 290 g/mol. The molecule has 0 aliphatic carbocycles. The van der Waals surface area contributed by atoms with Gasteiger partial charge in [0, 0.05) is 31.7 Å². The van der Waals surface area contributed by atoms with Crippen LogP contribution in [-0.2, 0) is 4.74 Å². The first-order chi connectivity index (χ1) is 10.2. The van der Waals surface area contributed by atoms with E-state index >= 15 is 0 Å². The van der Waals surface area contributed by atoms with Crippen molar-refractivity contribution in [3.05, 3.63) is 35.9 Å². The number of carbonyl (C=O) groups excluding carboxylic acids is 2. The van der Waals surface area contributed by atoms with Crippen molar-refractivity contribution in [2.24, 2.45) is 0 Å². The molecule has 1 aliphatic heterocycles. The van der Waals surface area contributed by atoms with Crippen LogP contribution in [0.15, 0.2) is 30.3 Å². The maximum atomic E-state index is 12.3. The van der Waals surface area contributed by atoms with E-state index in [4.69, 9.17) is 4.74 Å². The summed E-state index contributed by atoms with van der Waals surface area (Å²) >= 11 is 0. The zero-order chi connectivity index (χ0) is 15.1. The molecule has 1 fully saturated rings. The summed E-state index contributed by atoms with van der Waals surface area (Å²) in [4.78, 5) is 27.6. The number of hydrogen-bond acceptors (Lipinski definition) is 3. The quantitative estimate of drug-likeness (QED) is 0.800. The maximum absolute atomic E-state index is 12.3. The predicted molar refractivity (Wildman–Crippen MR) is 80.2 cm³/mol. The third-order valence-electron chi connectivity index (χ3n) is 3.57. The van der Waals surface area contributed by atoms with E-state index in [2.05, 4.69) is 6.92 Å². The summed E-state index contributed by atoms with van der Waals surface area (Å²) < 4.78 is 5.19. The van der Waals surface area contributed by atoms with Crippen LogP contribution >= 0.6 is 0 Å². The van der Waals surface area contributed by atoms with Gasteiger partial charge in [0.05, 0.1) is 6.61 Å². The first kappa shape index (κ1) is 15.4. The van der Waals surface area contributed by atoms with Crippen molar-refractivity contribution in [1.82, 2.24) is 9.80 Å². The number of amides is 2. The lowest BCUT2D eigenvalue weighted by Gasteiger charge is -2.34. The van der Waals surface area contributed by atoms with E-state index in [0.29, 0.717) is 38.3 Å². The fourth-order valence-electron chi connectivity index (χ4n) is 2.25.